The second kappa shape index (κ2) is 10.5. The molecule has 6 heteroatoms. The maximum Gasteiger partial charge on any atom is 0.263 e. The third-order valence-electron chi connectivity index (χ3n) is 5.02. The first kappa shape index (κ1) is 22.3. The minimum absolute atomic E-state index is 0.143. The van der Waals surface area contributed by atoms with E-state index in [1.54, 1.807) is 13.0 Å². The molecule has 0 bridgehead atoms. The van der Waals surface area contributed by atoms with E-state index in [1.165, 1.54) is 12.1 Å². The van der Waals surface area contributed by atoms with E-state index < -0.39 is 18.0 Å². The Hall–Kier alpha value is -1.98. The molecule has 2 amide bonds. The molecule has 152 valence electrons. The number of ketones is 1. The molecule has 0 saturated heterocycles. The molecule has 0 saturated carbocycles. The second-order valence-corrected chi connectivity index (χ2v) is 7.80. The molecule has 0 fully saturated rings. The van der Waals surface area contributed by atoms with Crippen LogP contribution in [0.15, 0.2) is 30.4 Å². The Balaban J connectivity index is 1.63. The predicted octanol–water partition coefficient (Wildman–Crippen LogP) is 4.91. The van der Waals surface area contributed by atoms with Crippen molar-refractivity contribution in [2.75, 3.05) is 0 Å². The van der Waals surface area contributed by atoms with Crippen LogP contribution in [0.25, 0.3) is 0 Å². The quantitative estimate of drug-likeness (QED) is 0.304. The largest absolute Gasteiger partial charge is 0.373 e. The minimum Gasteiger partial charge on any atom is -0.373 e. The van der Waals surface area contributed by atoms with Crippen molar-refractivity contribution in [1.82, 2.24) is 4.90 Å². The number of amides is 2. The normalized spacial score (nSPS) is 14.3. The standard InChI is InChI=1S/C22H28ClNO4/c1-15(2)19(25)10-8-6-4-3-5-7-9-11-20(26)24-21(27)17-13-12-16(23)14-18(17)22(24)28/h12-14,20,26H,1,3-11H2,2H3. The summed E-state index contributed by atoms with van der Waals surface area (Å²) in [6, 6.07) is 4.55. The molecule has 1 aliphatic heterocycles. The number of hydrogen-bond donors (Lipinski definition) is 1. The van der Waals surface area contributed by atoms with Crippen molar-refractivity contribution in [2.45, 2.75) is 70.9 Å². The number of aliphatic hydroxyl groups is 1. The molecule has 5 nitrogen and oxygen atoms in total. The van der Waals surface area contributed by atoms with Crippen LogP contribution in [-0.4, -0.2) is 33.8 Å². The van der Waals surface area contributed by atoms with Crippen LogP contribution in [0.3, 0.4) is 0 Å². The Morgan fingerprint density at radius 3 is 2.25 bits per heavy atom. The molecule has 0 spiro atoms. The maximum absolute atomic E-state index is 12.4. The summed E-state index contributed by atoms with van der Waals surface area (Å²) in [7, 11) is 0. The highest BCUT2D eigenvalue weighted by atomic mass is 35.5. The smallest absolute Gasteiger partial charge is 0.263 e. The molecule has 1 N–H and O–H groups in total. The highest BCUT2D eigenvalue weighted by Crippen LogP contribution is 2.28. The number of imide groups is 1. The number of Topliss-reactive ketones (excluding diaryl/α,β-unsaturated/α-hetero) is 1. The van der Waals surface area contributed by atoms with Gasteiger partial charge in [0.05, 0.1) is 11.1 Å². The molecular formula is C22H28ClNO4. The summed E-state index contributed by atoms with van der Waals surface area (Å²) in [4.78, 5) is 37.1. The molecular weight excluding hydrogens is 378 g/mol. The second-order valence-electron chi connectivity index (χ2n) is 7.37. The summed E-state index contributed by atoms with van der Waals surface area (Å²) in [5, 5.41) is 10.7. The van der Waals surface area contributed by atoms with Crippen molar-refractivity contribution >= 4 is 29.2 Å². The first-order valence-electron chi connectivity index (χ1n) is 9.87. The van der Waals surface area contributed by atoms with Crippen LogP contribution in [0, 0.1) is 0 Å². The first-order valence-corrected chi connectivity index (χ1v) is 10.2. The number of halogens is 1. The van der Waals surface area contributed by atoms with Crippen molar-refractivity contribution in [3.8, 4) is 0 Å². The zero-order valence-electron chi connectivity index (χ0n) is 16.4. The zero-order valence-corrected chi connectivity index (χ0v) is 17.1. The predicted molar refractivity (Wildman–Crippen MR) is 109 cm³/mol. The molecule has 2 rings (SSSR count). The van der Waals surface area contributed by atoms with Crippen molar-refractivity contribution in [3.63, 3.8) is 0 Å². The Kier molecular flexibility index (Phi) is 8.39. The molecule has 1 aromatic carbocycles. The number of benzene rings is 1. The molecule has 1 atom stereocenters. The van der Waals surface area contributed by atoms with Gasteiger partial charge in [-0.3, -0.25) is 14.4 Å². The van der Waals surface area contributed by atoms with Gasteiger partial charge in [-0.15, -0.1) is 0 Å². The Morgan fingerprint density at radius 2 is 1.61 bits per heavy atom. The van der Waals surface area contributed by atoms with E-state index in [0.29, 0.717) is 29.0 Å². The van der Waals surface area contributed by atoms with Crippen LogP contribution in [-0.2, 0) is 4.79 Å². The zero-order chi connectivity index (χ0) is 20.7. The third-order valence-corrected chi connectivity index (χ3v) is 5.26. The molecule has 0 aliphatic carbocycles. The summed E-state index contributed by atoms with van der Waals surface area (Å²) < 4.78 is 0. The van der Waals surface area contributed by atoms with Crippen LogP contribution >= 0.6 is 11.6 Å². The van der Waals surface area contributed by atoms with Gasteiger partial charge < -0.3 is 5.11 Å². The van der Waals surface area contributed by atoms with Crippen LogP contribution in [0.4, 0.5) is 0 Å². The first-order chi connectivity index (χ1) is 13.3. The van der Waals surface area contributed by atoms with Gasteiger partial charge in [-0.25, -0.2) is 4.90 Å². The molecule has 28 heavy (non-hydrogen) atoms. The number of fused-ring (bicyclic) bond motifs is 1. The van der Waals surface area contributed by atoms with E-state index in [9.17, 15) is 19.5 Å². The van der Waals surface area contributed by atoms with Crippen molar-refractivity contribution < 1.29 is 19.5 Å². The average Bonchev–Trinajstić information content (AvgIpc) is 2.89. The fourth-order valence-electron chi connectivity index (χ4n) is 3.34. The molecule has 1 aliphatic rings. The van der Waals surface area contributed by atoms with E-state index in [0.717, 1.165) is 49.8 Å². The number of allylic oxidation sites excluding steroid dienone is 1. The van der Waals surface area contributed by atoms with Gasteiger partial charge in [-0.05, 0) is 50.0 Å². The lowest BCUT2D eigenvalue weighted by atomic mass is 10.0. The SMILES string of the molecule is C=C(C)C(=O)CCCCCCCCCC(O)N1C(=O)c2ccc(Cl)cc2C1=O. The summed E-state index contributed by atoms with van der Waals surface area (Å²) in [5.74, 6) is -0.808. The van der Waals surface area contributed by atoms with E-state index in [-0.39, 0.29) is 11.3 Å². The lowest BCUT2D eigenvalue weighted by Crippen LogP contribution is -2.39. The third kappa shape index (κ3) is 5.76. The Labute approximate surface area is 171 Å². The summed E-state index contributed by atoms with van der Waals surface area (Å²) >= 11 is 5.89. The van der Waals surface area contributed by atoms with Gasteiger partial charge >= 0.3 is 0 Å². The number of nitrogens with zero attached hydrogens (tertiary/aromatic N) is 1. The number of aliphatic hydroxyl groups excluding tert-OH is 1. The van der Waals surface area contributed by atoms with E-state index in [4.69, 9.17) is 11.6 Å². The van der Waals surface area contributed by atoms with Crippen molar-refractivity contribution in [2.24, 2.45) is 0 Å². The van der Waals surface area contributed by atoms with Gasteiger partial charge in [0.25, 0.3) is 11.8 Å². The monoisotopic (exact) mass is 405 g/mol. The van der Waals surface area contributed by atoms with E-state index in [1.807, 2.05) is 0 Å². The number of unbranched alkanes of at least 4 members (excludes halogenated alkanes) is 6. The van der Waals surface area contributed by atoms with Gasteiger partial charge in [0.2, 0.25) is 0 Å². The topological polar surface area (TPSA) is 74.7 Å². The summed E-state index contributed by atoms with van der Waals surface area (Å²) in [5.41, 5.74) is 1.17. The molecule has 1 aromatic rings. The molecule has 0 aromatic heterocycles. The van der Waals surface area contributed by atoms with Crippen LogP contribution in [0.1, 0.15) is 85.4 Å². The number of hydrogen-bond acceptors (Lipinski definition) is 4. The van der Waals surface area contributed by atoms with E-state index in [2.05, 4.69) is 6.58 Å². The van der Waals surface area contributed by atoms with Gasteiger partial charge in [0.15, 0.2) is 5.78 Å². The maximum atomic E-state index is 12.4. The summed E-state index contributed by atoms with van der Waals surface area (Å²) in [6.45, 7) is 5.39. The van der Waals surface area contributed by atoms with Gasteiger partial charge in [-0.1, -0.05) is 50.3 Å². The van der Waals surface area contributed by atoms with E-state index >= 15 is 0 Å². The van der Waals surface area contributed by atoms with Crippen LogP contribution in [0.5, 0.6) is 0 Å². The highest BCUT2D eigenvalue weighted by Gasteiger charge is 2.39. The number of rotatable bonds is 12. The number of carbonyl (C=O) groups is 3. The molecule has 0 radical (unpaired) electrons. The Morgan fingerprint density at radius 1 is 1.04 bits per heavy atom. The fourth-order valence-corrected chi connectivity index (χ4v) is 3.51. The highest BCUT2D eigenvalue weighted by molar-refractivity contribution is 6.32. The van der Waals surface area contributed by atoms with Gasteiger partial charge in [0.1, 0.15) is 6.23 Å². The number of carbonyl (C=O) groups excluding carboxylic acids is 3. The molecule has 1 unspecified atom stereocenters. The van der Waals surface area contributed by atoms with Crippen LogP contribution in [0.2, 0.25) is 5.02 Å². The fraction of sp³-hybridized carbons (Fsp3) is 0.500. The summed E-state index contributed by atoms with van der Waals surface area (Å²) in [6.07, 6.45) is 6.60. The van der Waals surface area contributed by atoms with Gasteiger partial charge in [-0.2, -0.15) is 0 Å². The minimum atomic E-state index is -1.11. The lowest BCUT2D eigenvalue weighted by Gasteiger charge is -2.21. The van der Waals surface area contributed by atoms with Crippen molar-refractivity contribution in [1.29, 1.82) is 0 Å². The average molecular weight is 406 g/mol. The van der Waals surface area contributed by atoms with Crippen LogP contribution < -0.4 is 0 Å². The van der Waals surface area contributed by atoms with Gasteiger partial charge in [0, 0.05) is 11.4 Å². The van der Waals surface area contributed by atoms with Crippen molar-refractivity contribution in [3.05, 3.63) is 46.5 Å². The molecule has 1 heterocycles. The Bertz CT molecular complexity index is 759. The lowest BCUT2D eigenvalue weighted by molar-refractivity contribution is -0.115.